The molecule has 5 nitrogen and oxygen atoms in total. The molecule has 0 saturated carbocycles. The molecule has 0 radical (unpaired) electrons. The van der Waals surface area contributed by atoms with Gasteiger partial charge in [0, 0.05) is 36.8 Å². The lowest BCUT2D eigenvalue weighted by Crippen LogP contribution is -2.40. The smallest absolute Gasteiger partial charge is 0.107 e. The molecule has 0 amide bonds. The van der Waals surface area contributed by atoms with E-state index in [4.69, 9.17) is 4.98 Å². The van der Waals surface area contributed by atoms with Crippen LogP contribution in [0.2, 0.25) is 0 Å². The average Bonchev–Trinajstić information content (AvgIpc) is 3.18. The zero-order valence-corrected chi connectivity index (χ0v) is 15.6. The number of rotatable bonds is 5. The van der Waals surface area contributed by atoms with E-state index in [1.165, 1.54) is 34.8 Å². The van der Waals surface area contributed by atoms with Gasteiger partial charge in [-0.2, -0.15) is 0 Å². The second-order valence-corrected chi connectivity index (χ2v) is 8.42. The van der Waals surface area contributed by atoms with Crippen LogP contribution in [0.25, 0.3) is 0 Å². The Morgan fingerprint density at radius 1 is 1.28 bits per heavy atom. The number of nitrogens with zero attached hydrogens (tertiary/aromatic N) is 4. The molecule has 2 aromatic heterocycles. The quantitative estimate of drug-likeness (QED) is 0.887. The van der Waals surface area contributed by atoms with Crippen LogP contribution < -0.4 is 0 Å². The van der Waals surface area contributed by atoms with Crippen molar-refractivity contribution in [3.05, 3.63) is 45.7 Å². The van der Waals surface area contributed by atoms with E-state index < -0.39 is 0 Å². The van der Waals surface area contributed by atoms with Crippen LogP contribution in [0.1, 0.15) is 34.1 Å². The third-order valence-corrected chi connectivity index (χ3v) is 6.43. The summed E-state index contributed by atoms with van der Waals surface area (Å²) < 4.78 is 0. The minimum Gasteiger partial charge on any atom is -0.390 e. The summed E-state index contributed by atoms with van der Waals surface area (Å²) in [6.07, 6.45) is 6.42. The van der Waals surface area contributed by atoms with E-state index in [9.17, 15) is 5.11 Å². The highest BCUT2D eigenvalue weighted by molar-refractivity contribution is 7.11. The maximum Gasteiger partial charge on any atom is 0.107 e. The highest BCUT2D eigenvalue weighted by Crippen LogP contribution is 2.28. The van der Waals surface area contributed by atoms with Crippen LogP contribution in [0.4, 0.5) is 0 Å². The molecule has 1 fully saturated rings. The number of aliphatic hydroxyl groups excluding tert-OH is 1. The molecular formula is C19H26N4OS. The Morgan fingerprint density at radius 2 is 2.16 bits per heavy atom. The summed E-state index contributed by atoms with van der Waals surface area (Å²) in [6.45, 7) is 3.21. The van der Waals surface area contributed by atoms with Gasteiger partial charge in [0.15, 0.2) is 0 Å². The molecule has 134 valence electrons. The summed E-state index contributed by atoms with van der Waals surface area (Å²) >= 11 is 1.87. The summed E-state index contributed by atoms with van der Waals surface area (Å²) in [5, 5.41) is 11.7. The van der Waals surface area contributed by atoms with Gasteiger partial charge in [0.25, 0.3) is 0 Å². The van der Waals surface area contributed by atoms with Gasteiger partial charge in [-0.1, -0.05) is 6.07 Å². The average molecular weight is 359 g/mol. The maximum atomic E-state index is 10.5. The first-order chi connectivity index (χ1) is 12.2. The fraction of sp³-hybridized carbons (Fsp3) is 0.579. The van der Waals surface area contributed by atoms with E-state index in [0.29, 0.717) is 6.54 Å². The van der Waals surface area contributed by atoms with Crippen molar-refractivity contribution in [2.45, 2.75) is 50.9 Å². The van der Waals surface area contributed by atoms with Crippen LogP contribution in [-0.2, 0) is 25.9 Å². The Morgan fingerprint density at radius 3 is 2.96 bits per heavy atom. The number of aryl methyl sites for hydroxylation is 2. The van der Waals surface area contributed by atoms with Crippen molar-refractivity contribution in [1.29, 1.82) is 0 Å². The first-order valence-electron chi connectivity index (χ1n) is 9.17. The summed E-state index contributed by atoms with van der Waals surface area (Å²) in [7, 11) is 2.11. The third kappa shape index (κ3) is 3.92. The van der Waals surface area contributed by atoms with Crippen molar-refractivity contribution in [3.63, 3.8) is 0 Å². The summed E-state index contributed by atoms with van der Waals surface area (Å²) in [5.74, 6) is 0. The number of thiazole rings is 1. The molecular weight excluding hydrogens is 332 g/mol. The predicted molar refractivity (Wildman–Crippen MR) is 99.5 cm³/mol. The summed E-state index contributed by atoms with van der Waals surface area (Å²) in [6, 6.07) is 6.16. The van der Waals surface area contributed by atoms with Gasteiger partial charge >= 0.3 is 0 Å². The molecule has 0 bridgehead atoms. The highest BCUT2D eigenvalue weighted by Gasteiger charge is 2.34. The Kier molecular flexibility index (Phi) is 5.12. The number of hydrogen-bond acceptors (Lipinski definition) is 6. The number of pyridine rings is 1. The van der Waals surface area contributed by atoms with Gasteiger partial charge in [-0.15, -0.1) is 11.3 Å². The van der Waals surface area contributed by atoms with E-state index in [0.717, 1.165) is 31.7 Å². The lowest BCUT2D eigenvalue weighted by atomic mass is 10.0. The molecule has 1 aliphatic carbocycles. The molecule has 4 rings (SSSR count). The van der Waals surface area contributed by atoms with Crippen molar-refractivity contribution in [2.24, 2.45) is 0 Å². The third-order valence-electron chi connectivity index (χ3n) is 5.29. The van der Waals surface area contributed by atoms with Crippen LogP contribution in [0.5, 0.6) is 0 Å². The van der Waals surface area contributed by atoms with Crippen LogP contribution >= 0.6 is 11.3 Å². The molecule has 2 aromatic rings. The van der Waals surface area contributed by atoms with Gasteiger partial charge in [-0.25, -0.2) is 4.98 Å². The molecule has 2 aliphatic rings. The van der Waals surface area contributed by atoms with E-state index in [1.54, 1.807) is 0 Å². The van der Waals surface area contributed by atoms with Gasteiger partial charge in [0.1, 0.15) is 5.01 Å². The molecule has 0 spiro atoms. The number of β-amino-alcohol motifs (C(OH)–C–C–N with tert-alkyl or cyclic N) is 1. The molecule has 0 aromatic carbocycles. The van der Waals surface area contributed by atoms with Gasteiger partial charge in [-0.05, 0) is 44.9 Å². The fourth-order valence-corrected chi connectivity index (χ4v) is 5.15. The minimum absolute atomic E-state index is 0.157. The minimum atomic E-state index is -0.316. The van der Waals surface area contributed by atoms with E-state index in [1.807, 2.05) is 35.7 Å². The van der Waals surface area contributed by atoms with Crippen LogP contribution in [0, 0.1) is 0 Å². The monoisotopic (exact) mass is 358 g/mol. The topological polar surface area (TPSA) is 52.5 Å². The number of likely N-dealkylation sites (tertiary alicyclic amines) is 1. The number of likely N-dealkylation sites (N-methyl/N-ethyl adjacent to an activating group) is 1. The fourth-order valence-electron chi connectivity index (χ4n) is 3.93. The zero-order chi connectivity index (χ0) is 17.2. The van der Waals surface area contributed by atoms with E-state index >= 15 is 0 Å². The van der Waals surface area contributed by atoms with Crippen molar-refractivity contribution in [3.8, 4) is 0 Å². The molecule has 1 N–H and O–H groups in total. The van der Waals surface area contributed by atoms with Gasteiger partial charge in [0.2, 0.25) is 0 Å². The lowest BCUT2D eigenvalue weighted by Gasteiger charge is -2.25. The largest absolute Gasteiger partial charge is 0.390 e. The van der Waals surface area contributed by atoms with Gasteiger partial charge in [-0.3, -0.25) is 14.8 Å². The second kappa shape index (κ2) is 7.50. The lowest BCUT2D eigenvalue weighted by molar-refractivity contribution is 0.0948. The second-order valence-electron chi connectivity index (χ2n) is 7.25. The predicted octanol–water partition coefficient (Wildman–Crippen LogP) is 2.09. The van der Waals surface area contributed by atoms with E-state index in [-0.39, 0.29) is 12.1 Å². The Hall–Kier alpha value is -1.34. The van der Waals surface area contributed by atoms with Gasteiger partial charge < -0.3 is 5.11 Å². The van der Waals surface area contributed by atoms with Crippen molar-refractivity contribution in [1.82, 2.24) is 19.8 Å². The molecule has 2 atom stereocenters. The van der Waals surface area contributed by atoms with Crippen molar-refractivity contribution >= 4 is 11.3 Å². The summed E-state index contributed by atoms with van der Waals surface area (Å²) in [4.78, 5) is 15.3. The maximum absolute atomic E-state index is 10.5. The Labute approximate surface area is 153 Å². The molecule has 0 unspecified atom stereocenters. The number of hydrogen-bond donors (Lipinski definition) is 1. The van der Waals surface area contributed by atoms with Crippen molar-refractivity contribution < 1.29 is 5.11 Å². The number of aromatic nitrogens is 2. The van der Waals surface area contributed by atoms with Crippen LogP contribution in [-0.4, -0.2) is 57.2 Å². The molecule has 1 saturated heterocycles. The first kappa shape index (κ1) is 17.1. The number of aliphatic hydroxyl groups is 1. The Bertz CT molecular complexity index is 681. The molecule has 25 heavy (non-hydrogen) atoms. The Balaban J connectivity index is 1.37. The molecule has 3 heterocycles. The number of fused-ring (bicyclic) bond motifs is 1. The zero-order valence-electron chi connectivity index (χ0n) is 14.8. The standard InChI is InChI=1S/C19H26N4OS/c1-22(13-19-21-15-7-2-3-8-18(15)25-19)16-11-23(12-17(16)24)10-14-6-4-5-9-20-14/h4-6,9,16-17,24H,2-3,7-8,10-13H2,1H3/t16-,17-/m1/s1. The normalized spacial score (nSPS) is 24.0. The SMILES string of the molecule is CN(Cc1nc2c(s1)CCCC2)[C@@H]1CN(Cc2ccccn2)C[C@H]1O. The highest BCUT2D eigenvalue weighted by atomic mass is 32.1. The van der Waals surface area contributed by atoms with Crippen LogP contribution in [0.15, 0.2) is 24.4 Å². The summed E-state index contributed by atoms with van der Waals surface area (Å²) in [5.41, 5.74) is 2.38. The molecule has 6 heteroatoms. The van der Waals surface area contributed by atoms with E-state index in [2.05, 4.69) is 21.8 Å². The van der Waals surface area contributed by atoms with Crippen molar-refractivity contribution in [2.75, 3.05) is 20.1 Å². The van der Waals surface area contributed by atoms with Gasteiger partial charge in [0.05, 0.1) is 24.0 Å². The van der Waals surface area contributed by atoms with Crippen LogP contribution in [0.3, 0.4) is 0 Å². The molecule has 1 aliphatic heterocycles. The first-order valence-corrected chi connectivity index (χ1v) is 9.99.